The van der Waals surface area contributed by atoms with Gasteiger partial charge in [-0.25, -0.2) is 10.3 Å². The Bertz CT molecular complexity index is 308. The topological polar surface area (TPSA) is 67.4 Å². The van der Waals surface area contributed by atoms with E-state index in [1.54, 1.807) is 0 Å². The molecule has 5 nitrogen and oxygen atoms in total. The van der Waals surface area contributed by atoms with Crippen molar-refractivity contribution in [1.82, 2.24) is 10.8 Å². The Morgan fingerprint density at radius 1 is 1.16 bits per heavy atom. The molecule has 1 aliphatic carbocycles. The Hall–Kier alpha value is -1.10. The molecule has 0 spiro atoms. The van der Waals surface area contributed by atoms with E-state index in [0.717, 1.165) is 25.7 Å². The standard InChI is InChI=1S/C14H26N2O3/c1-4-14(5-2,11-9-7-6-8-10-11)12(17)15-13(18)16-19-3/h11H,4-10H2,1-3H3,(H2,15,16,17,18). The summed E-state index contributed by atoms with van der Waals surface area (Å²) in [5.74, 6) is 0.213. The van der Waals surface area contributed by atoms with E-state index in [1.165, 1.54) is 26.4 Å². The maximum Gasteiger partial charge on any atom is 0.345 e. The van der Waals surface area contributed by atoms with Crippen molar-refractivity contribution >= 4 is 11.9 Å². The van der Waals surface area contributed by atoms with Gasteiger partial charge in [-0.3, -0.25) is 14.9 Å². The molecule has 0 aromatic heterocycles. The molecule has 3 amide bonds. The Morgan fingerprint density at radius 3 is 2.21 bits per heavy atom. The van der Waals surface area contributed by atoms with E-state index < -0.39 is 11.4 Å². The zero-order valence-electron chi connectivity index (χ0n) is 12.3. The average molecular weight is 270 g/mol. The van der Waals surface area contributed by atoms with Crippen LogP contribution in [-0.4, -0.2) is 19.0 Å². The van der Waals surface area contributed by atoms with Crippen molar-refractivity contribution in [3.05, 3.63) is 0 Å². The summed E-state index contributed by atoms with van der Waals surface area (Å²) in [7, 11) is 1.35. The molecule has 0 saturated heterocycles. The van der Waals surface area contributed by atoms with E-state index in [0.29, 0.717) is 5.92 Å². The van der Waals surface area contributed by atoms with Crippen LogP contribution in [0.3, 0.4) is 0 Å². The van der Waals surface area contributed by atoms with Crippen LogP contribution in [0.2, 0.25) is 0 Å². The normalized spacial score (nSPS) is 17.0. The predicted octanol–water partition coefficient (Wildman–Crippen LogP) is 2.76. The van der Waals surface area contributed by atoms with Gasteiger partial charge in [0.25, 0.3) is 0 Å². The molecule has 0 aromatic rings. The van der Waals surface area contributed by atoms with Gasteiger partial charge >= 0.3 is 6.03 Å². The maximum atomic E-state index is 12.5. The van der Waals surface area contributed by atoms with Crippen molar-refractivity contribution in [3.63, 3.8) is 0 Å². The summed E-state index contributed by atoms with van der Waals surface area (Å²) in [5, 5.41) is 2.41. The van der Waals surface area contributed by atoms with Crippen molar-refractivity contribution in [1.29, 1.82) is 0 Å². The van der Waals surface area contributed by atoms with Gasteiger partial charge in [0.2, 0.25) is 5.91 Å². The van der Waals surface area contributed by atoms with Gasteiger partial charge in [-0.1, -0.05) is 33.1 Å². The second kappa shape index (κ2) is 7.48. The first-order chi connectivity index (χ1) is 9.10. The predicted molar refractivity (Wildman–Crippen MR) is 73.3 cm³/mol. The average Bonchev–Trinajstić information content (AvgIpc) is 2.42. The Balaban J connectivity index is 2.78. The number of carbonyl (C=O) groups is 2. The van der Waals surface area contributed by atoms with Crippen LogP contribution in [0.5, 0.6) is 0 Å². The van der Waals surface area contributed by atoms with Gasteiger partial charge in [-0.15, -0.1) is 0 Å². The molecule has 0 aromatic carbocycles. The molecular weight excluding hydrogens is 244 g/mol. The zero-order valence-corrected chi connectivity index (χ0v) is 12.3. The quantitative estimate of drug-likeness (QED) is 0.755. The molecule has 19 heavy (non-hydrogen) atoms. The molecule has 0 atom stereocenters. The van der Waals surface area contributed by atoms with Crippen molar-refractivity contribution < 1.29 is 14.4 Å². The SMILES string of the molecule is CCC(CC)(C(=O)NC(=O)NOC)C1CCCCC1. The van der Waals surface area contributed by atoms with Gasteiger partial charge in [0.1, 0.15) is 0 Å². The molecule has 0 aliphatic heterocycles. The van der Waals surface area contributed by atoms with E-state index in [9.17, 15) is 9.59 Å². The van der Waals surface area contributed by atoms with Crippen LogP contribution >= 0.6 is 0 Å². The van der Waals surface area contributed by atoms with Gasteiger partial charge in [0, 0.05) is 0 Å². The number of rotatable bonds is 5. The number of hydrogen-bond acceptors (Lipinski definition) is 3. The summed E-state index contributed by atoms with van der Waals surface area (Å²) < 4.78 is 0. The minimum Gasteiger partial charge on any atom is -0.276 e. The van der Waals surface area contributed by atoms with E-state index in [4.69, 9.17) is 0 Å². The lowest BCUT2D eigenvalue weighted by Gasteiger charge is -2.40. The van der Waals surface area contributed by atoms with Crippen molar-refractivity contribution in [2.75, 3.05) is 7.11 Å². The number of urea groups is 1. The molecular formula is C14H26N2O3. The lowest BCUT2D eigenvalue weighted by molar-refractivity contribution is -0.135. The van der Waals surface area contributed by atoms with Gasteiger partial charge in [0.05, 0.1) is 12.5 Å². The first kappa shape index (κ1) is 16.0. The smallest absolute Gasteiger partial charge is 0.276 e. The third-order valence-electron chi connectivity index (χ3n) is 4.52. The number of hydrogen-bond donors (Lipinski definition) is 2. The highest BCUT2D eigenvalue weighted by atomic mass is 16.6. The van der Waals surface area contributed by atoms with Gasteiger partial charge < -0.3 is 0 Å². The number of hydroxylamine groups is 1. The monoisotopic (exact) mass is 270 g/mol. The summed E-state index contributed by atoms with van der Waals surface area (Å²) in [5.41, 5.74) is 1.70. The highest BCUT2D eigenvalue weighted by Crippen LogP contribution is 2.43. The Morgan fingerprint density at radius 2 is 1.74 bits per heavy atom. The summed E-state index contributed by atoms with van der Waals surface area (Å²) in [6.45, 7) is 4.07. The third-order valence-corrected chi connectivity index (χ3v) is 4.52. The highest BCUT2D eigenvalue weighted by molar-refractivity contribution is 5.97. The molecule has 1 saturated carbocycles. The molecule has 0 bridgehead atoms. The fourth-order valence-electron chi connectivity index (χ4n) is 3.33. The van der Waals surface area contributed by atoms with Gasteiger partial charge in [-0.2, -0.15) is 0 Å². The van der Waals surface area contributed by atoms with E-state index in [1.807, 2.05) is 13.8 Å². The molecule has 0 heterocycles. The minimum absolute atomic E-state index is 0.168. The fraction of sp³-hybridized carbons (Fsp3) is 0.857. The Labute approximate surface area is 115 Å². The largest absolute Gasteiger partial charge is 0.345 e. The van der Waals surface area contributed by atoms with Crippen molar-refractivity contribution in [3.8, 4) is 0 Å². The molecule has 1 aliphatic rings. The molecule has 110 valence electrons. The highest BCUT2D eigenvalue weighted by Gasteiger charge is 2.43. The lowest BCUT2D eigenvalue weighted by atomic mass is 9.65. The molecule has 1 fully saturated rings. The second-order valence-corrected chi connectivity index (χ2v) is 5.29. The number of amides is 3. The van der Waals surface area contributed by atoms with E-state index in [-0.39, 0.29) is 5.91 Å². The summed E-state index contributed by atoms with van der Waals surface area (Å²) >= 11 is 0. The van der Waals surface area contributed by atoms with Crippen LogP contribution in [0, 0.1) is 11.3 Å². The first-order valence-electron chi connectivity index (χ1n) is 7.25. The molecule has 2 N–H and O–H groups in total. The van der Waals surface area contributed by atoms with E-state index in [2.05, 4.69) is 15.6 Å². The van der Waals surface area contributed by atoms with Crippen LogP contribution in [0.4, 0.5) is 4.79 Å². The molecule has 0 radical (unpaired) electrons. The third kappa shape index (κ3) is 3.69. The van der Waals surface area contributed by atoms with Crippen LogP contribution in [0.25, 0.3) is 0 Å². The molecule has 1 rings (SSSR count). The lowest BCUT2D eigenvalue weighted by Crippen LogP contribution is -2.50. The number of imide groups is 1. The fourth-order valence-corrected chi connectivity index (χ4v) is 3.33. The second-order valence-electron chi connectivity index (χ2n) is 5.29. The van der Waals surface area contributed by atoms with Crippen LogP contribution in [-0.2, 0) is 9.63 Å². The van der Waals surface area contributed by atoms with Gasteiger partial charge in [-0.05, 0) is 31.6 Å². The Kier molecular flexibility index (Phi) is 6.28. The van der Waals surface area contributed by atoms with Gasteiger partial charge in [0.15, 0.2) is 0 Å². The summed E-state index contributed by atoms with van der Waals surface area (Å²) in [6.07, 6.45) is 7.32. The van der Waals surface area contributed by atoms with E-state index >= 15 is 0 Å². The molecule has 5 heteroatoms. The summed E-state index contributed by atoms with van der Waals surface area (Å²) in [4.78, 5) is 28.4. The van der Waals surface area contributed by atoms with Crippen LogP contribution in [0.15, 0.2) is 0 Å². The minimum atomic E-state index is -0.588. The number of carbonyl (C=O) groups excluding carboxylic acids is 2. The van der Waals surface area contributed by atoms with Crippen molar-refractivity contribution in [2.45, 2.75) is 58.8 Å². The van der Waals surface area contributed by atoms with Crippen molar-refractivity contribution in [2.24, 2.45) is 11.3 Å². The zero-order chi connectivity index (χ0) is 14.3. The van der Waals surface area contributed by atoms with Crippen LogP contribution < -0.4 is 10.8 Å². The first-order valence-corrected chi connectivity index (χ1v) is 7.25. The summed E-state index contributed by atoms with van der Waals surface area (Å²) in [6, 6.07) is -0.588. The molecule has 0 unspecified atom stereocenters. The maximum absolute atomic E-state index is 12.5. The number of nitrogens with one attached hydrogen (secondary N) is 2. The van der Waals surface area contributed by atoms with Crippen LogP contribution in [0.1, 0.15) is 58.8 Å².